The molecule has 0 unspecified atom stereocenters. The van der Waals surface area contributed by atoms with Crippen LogP contribution in [0.15, 0.2) is 65.0 Å². The fourth-order valence-corrected chi connectivity index (χ4v) is 3.44. The largest absolute Gasteiger partial charge is 0.487 e. The van der Waals surface area contributed by atoms with E-state index in [9.17, 15) is 9.59 Å². The van der Waals surface area contributed by atoms with Crippen molar-refractivity contribution >= 4 is 39.9 Å². The van der Waals surface area contributed by atoms with Crippen molar-refractivity contribution in [2.75, 3.05) is 5.32 Å². The second-order valence-corrected chi connectivity index (χ2v) is 7.57. The predicted octanol–water partition coefficient (Wildman–Crippen LogP) is 3.92. The minimum Gasteiger partial charge on any atom is -0.487 e. The Labute approximate surface area is 176 Å². The molecule has 2 aromatic heterocycles. The molecule has 0 aliphatic carbocycles. The summed E-state index contributed by atoms with van der Waals surface area (Å²) in [4.78, 5) is 35.1. The van der Waals surface area contributed by atoms with E-state index in [4.69, 9.17) is 4.74 Å². The summed E-state index contributed by atoms with van der Waals surface area (Å²) in [6.45, 7) is 2.35. The molecule has 8 heteroatoms. The van der Waals surface area contributed by atoms with Crippen molar-refractivity contribution in [3.05, 3.63) is 86.9 Å². The van der Waals surface area contributed by atoms with E-state index < -0.39 is 0 Å². The van der Waals surface area contributed by atoms with Crippen LogP contribution in [0.3, 0.4) is 0 Å². The molecule has 0 fully saturated rings. The number of ether oxygens (including phenoxy) is 1. The fourth-order valence-electron chi connectivity index (χ4n) is 2.84. The summed E-state index contributed by atoms with van der Waals surface area (Å²) in [5.74, 6) is 0.392. The molecule has 0 saturated carbocycles. The van der Waals surface area contributed by atoms with Gasteiger partial charge >= 0.3 is 0 Å². The third-order valence-electron chi connectivity index (χ3n) is 4.25. The highest BCUT2D eigenvalue weighted by atomic mass is 32.1. The van der Waals surface area contributed by atoms with Crippen LogP contribution < -0.4 is 15.6 Å². The van der Waals surface area contributed by atoms with E-state index in [1.165, 1.54) is 12.4 Å². The van der Waals surface area contributed by atoms with E-state index in [0.29, 0.717) is 28.9 Å². The summed E-state index contributed by atoms with van der Waals surface area (Å²) in [6.07, 6.45) is 4.48. The Hall–Kier alpha value is -3.78. The summed E-state index contributed by atoms with van der Waals surface area (Å²) < 4.78 is 5.77. The van der Waals surface area contributed by atoms with Gasteiger partial charge in [-0.15, -0.1) is 11.3 Å². The smallest absolute Gasteiger partial charge is 0.258 e. The molecule has 2 N–H and O–H groups in total. The maximum atomic E-state index is 12.3. The molecule has 0 radical (unpaired) electrons. The van der Waals surface area contributed by atoms with Crippen LogP contribution >= 0.6 is 11.3 Å². The Morgan fingerprint density at radius 1 is 1.27 bits per heavy atom. The Bertz CT molecular complexity index is 1290. The minimum atomic E-state index is -0.307. The molecule has 0 saturated heterocycles. The molecular formula is C22H18N4O3S. The number of rotatable bonds is 6. The molecular weight excluding hydrogens is 400 g/mol. The number of aryl methyl sites for hydroxylation is 1. The summed E-state index contributed by atoms with van der Waals surface area (Å²) in [5, 5.41) is 6.14. The van der Waals surface area contributed by atoms with E-state index in [-0.39, 0.29) is 11.5 Å². The molecule has 0 bridgehead atoms. The Kier molecular flexibility index (Phi) is 5.67. The average Bonchev–Trinajstić information content (AvgIpc) is 3.17. The van der Waals surface area contributed by atoms with Gasteiger partial charge in [-0.1, -0.05) is 12.1 Å². The SMILES string of the molecule is Cc1nc(COc2cccc(/C=C/C(=O)Nc3ccc4nc[nH]c(=O)c4c3)c2)cs1. The summed E-state index contributed by atoms with van der Waals surface area (Å²) in [7, 11) is 0. The van der Waals surface area contributed by atoms with Crippen molar-refractivity contribution in [1.29, 1.82) is 0 Å². The quantitative estimate of drug-likeness (QED) is 0.463. The van der Waals surface area contributed by atoms with E-state index >= 15 is 0 Å². The van der Waals surface area contributed by atoms with Crippen LogP contribution in [-0.4, -0.2) is 20.9 Å². The molecule has 7 nitrogen and oxygen atoms in total. The topological polar surface area (TPSA) is 97.0 Å². The number of nitrogens with one attached hydrogen (secondary N) is 2. The van der Waals surface area contributed by atoms with Gasteiger partial charge in [0.1, 0.15) is 12.4 Å². The van der Waals surface area contributed by atoms with Gasteiger partial charge < -0.3 is 15.0 Å². The number of nitrogens with zero attached hydrogens (tertiary/aromatic N) is 2. The second kappa shape index (κ2) is 8.71. The van der Waals surface area contributed by atoms with Crippen molar-refractivity contribution in [2.45, 2.75) is 13.5 Å². The van der Waals surface area contributed by atoms with Crippen molar-refractivity contribution in [2.24, 2.45) is 0 Å². The van der Waals surface area contributed by atoms with Crippen molar-refractivity contribution in [3.63, 3.8) is 0 Å². The molecule has 4 aromatic rings. The van der Waals surface area contributed by atoms with Crippen molar-refractivity contribution in [1.82, 2.24) is 15.0 Å². The highest BCUT2D eigenvalue weighted by molar-refractivity contribution is 7.09. The highest BCUT2D eigenvalue weighted by Crippen LogP contribution is 2.18. The number of amides is 1. The maximum Gasteiger partial charge on any atom is 0.258 e. The lowest BCUT2D eigenvalue weighted by atomic mass is 10.2. The number of thiazole rings is 1. The van der Waals surface area contributed by atoms with Crippen LogP contribution in [0.2, 0.25) is 0 Å². The monoisotopic (exact) mass is 418 g/mol. The minimum absolute atomic E-state index is 0.253. The molecule has 1 amide bonds. The van der Waals surface area contributed by atoms with Crippen LogP contribution in [0, 0.1) is 6.92 Å². The van der Waals surface area contributed by atoms with Gasteiger partial charge in [-0.2, -0.15) is 0 Å². The molecule has 4 rings (SSSR count). The number of anilines is 1. The number of hydrogen-bond donors (Lipinski definition) is 2. The Balaban J connectivity index is 1.40. The van der Waals surface area contributed by atoms with E-state index in [1.54, 1.807) is 35.6 Å². The molecule has 150 valence electrons. The Morgan fingerprint density at radius 2 is 2.17 bits per heavy atom. The number of fused-ring (bicyclic) bond motifs is 1. The first-order valence-corrected chi connectivity index (χ1v) is 10.1. The lowest BCUT2D eigenvalue weighted by Gasteiger charge is -2.05. The zero-order valence-electron chi connectivity index (χ0n) is 16.1. The standard InChI is InChI=1S/C22H18N4O3S/c1-14-25-17(12-30-14)11-29-18-4-2-3-15(9-18)5-8-21(27)26-16-6-7-20-19(10-16)22(28)24-13-23-20/h2-10,12-13H,11H2,1H3,(H,26,27)(H,23,24,28)/b8-5+. The molecule has 2 aromatic carbocycles. The number of benzene rings is 2. The number of H-pyrrole nitrogens is 1. The third-order valence-corrected chi connectivity index (χ3v) is 5.07. The second-order valence-electron chi connectivity index (χ2n) is 6.51. The number of hydrogen-bond acceptors (Lipinski definition) is 6. The van der Waals surface area contributed by atoms with Crippen LogP contribution in [0.1, 0.15) is 16.3 Å². The summed E-state index contributed by atoms with van der Waals surface area (Å²) in [6, 6.07) is 12.4. The van der Waals surface area contributed by atoms with Gasteiger partial charge in [0.15, 0.2) is 0 Å². The number of carbonyl (C=O) groups excluding carboxylic acids is 1. The van der Waals surface area contributed by atoms with Crippen LogP contribution in [-0.2, 0) is 11.4 Å². The average molecular weight is 418 g/mol. The van der Waals surface area contributed by atoms with Gasteiger partial charge in [-0.3, -0.25) is 9.59 Å². The first-order chi connectivity index (χ1) is 14.6. The van der Waals surface area contributed by atoms with Crippen LogP contribution in [0.5, 0.6) is 5.75 Å². The molecule has 0 spiro atoms. The molecule has 2 heterocycles. The van der Waals surface area contributed by atoms with Crippen LogP contribution in [0.4, 0.5) is 5.69 Å². The van der Waals surface area contributed by atoms with Gasteiger partial charge in [0.25, 0.3) is 5.56 Å². The van der Waals surface area contributed by atoms with Gasteiger partial charge in [0, 0.05) is 17.1 Å². The van der Waals surface area contributed by atoms with E-state index in [1.807, 2.05) is 36.6 Å². The van der Waals surface area contributed by atoms with Gasteiger partial charge in [-0.05, 0) is 48.9 Å². The first-order valence-electron chi connectivity index (χ1n) is 9.17. The molecule has 0 atom stereocenters. The van der Waals surface area contributed by atoms with Crippen molar-refractivity contribution < 1.29 is 9.53 Å². The normalized spacial score (nSPS) is 11.1. The third kappa shape index (κ3) is 4.79. The van der Waals surface area contributed by atoms with Crippen molar-refractivity contribution in [3.8, 4) is 5.75 Å². The van der Waals surface area contributed by atoms with Gasteiger partial charge in [0.2, 0.25) is 5.91 Å². The molecule has 0 aliphatic rings. The fraction of sp³-hybridized carbons (Fsp3) is 0.0909. The van der Waals surface area contributed by atoms with E-state index in [2.05, 4.69) is 20.3 Å². The zero-order valence-corrected chi connectivity index (χ0v) is 16.9. The van der Waals surface area contributed by atoms with Gasteiger partial charge in [-0.25, -0.2) is 9.97 Å². The molecule has 0 aliphatic heterocycles. The summed E-state index contributed by atoms with van der Waals surface area (Å²) in [5.41, 5.74) is 2.55. The first kappa shape index (κ1) is 19.5. The highest BCUT2D eigenvalue weighted by Gasteiger charge is 2.04. The van der Waals surface area contributed by atoms with E-state index in [0.717, 1.165) is 16.3 Å². The predicted molar refractivity (Wildman–Crippen MR) is 118 cm³/mol. The number of aromatic nitrogens is 3. The zero-order chi connectivity index (χ0) is 20.9. The van der Waals surface area contributed by atoms with Crippen LogP contribution in [0.25, 0.3) is 17.0 Å². The summed E-state index contributed by atoms with van der Waals surface area (Å²) >= 11 is 1.59. The lowest BCUT2D eigenvalue weighted by molar-refractivity contribution is -0.111. The maximum absolute atomic E-state index is 12.3. The lowest BCUT2D eigenvalue weighted by Crippen LogP contribution is -2.10. The number of aromatic amines is 1. The molecule has 30 heavy (non-hydrogen) atoms. The Morgan fingerprint density at radius 3 is 3.00 bits per heavy atom. The number of carbonyl (C=O) groups is 1. The van der Waals surface area contributed by atoms with Gasteiger partial charge in [0.05, 0.1) is 27.9 Å².